The Kier molecular flexibility index (Phi) is 4.35. The molecule has 0 fully saturated rings. The van der Waals surface area contributed by atoms with Crippen molar-refractivity contribution in [1.29, 1.82) is 0 Å². The van der Waals surface area contributed by atoms with Gasteiger partial charge in [0, 0.05) is 23.9 Å². The van der Waals surface area contributed by atoms with Crippen molar-refractivity contribution in [2.24, 2.45) is 5.10 Å². The first-order chi connectivity index (χ1) is 10.1. The number of nitrogens with zero attached hydrogens (tertiary/aromatic N) is 1. The van der Waals surface area contributed by atoms with Gasteiger partial charge in [-0.2, -0.15) is 5.10 Å². The van der Waals surface area contributed by atoms with Crippen LogP contribution in [0.1, 0.15) is 16.1 Å². The second-order valence-corrected chi connectivity index (χ2v) is 4.06. The minimum atomic E-state index is -0.564. The van der Waals surface area contributed by atoms with E-state index in [1.165, 1.54) is 31.7 Å². The number of H-pyrrole nitrogens is 1. The highest BCUT2D eigenvalue weighted by atomic mass is 16.5. The molecule has 2 rings (SSSR count). The highest BCUT2D eigenvalue weighted by Crippen LogP contribution is 2.20. The van der Waals surface area contributed by atoms with Crippen molar-refractivity contribution in [3.63, 3.8) is 0 Å². The van der Waals surface area contributed by atoms with Crippen LogP contribution in [0.5, 0.6) is 11.5 Å². The van der Waals surface area contributed by atoms with E-state index >= 15 is 0 Å². The molecule has 0 saturated heterocycles. The van der Waals surface area contributed by atoms with Crippen molar-refractivity contribution in [2.45, 2.75) is 0 Å². The number of ether oxygens (including phenoxy) is 1. The molecule has 0 unspecified atom stereocenters. The minimum Gasteiger partial charge on any atom is -0.507 e. The number of pyridine rings is 1. The quantitative estimate of drug-likeness (QED) is 0.573. The minimum absolute atomic E-state index is 0.00178. The first-order valence-electron chi connectivity index (χ1n) is 5.99. The van der Waals surface area contributed by atoms with Crippen LogP contribution in [0.15, 0.2) is 46.4 Å². The maximum atomic E-state index is 11.7. The summed E-state index contributed by atoms with van der Waals surface area (Å²) in [6.07, 6.45) is 2.64. The summed E-state index contributed by atoms with van der Waals surface area (Å²) in [4.78, 5) is 25.5. The van der Waals surface area contributed by atoms with E-state index in [-0.39, 0.29) is 16.9 Å². The lowest BCUT2D eigenvalue weighted by molar-refractivity contribution is 0.0950. The first kappa shape index (κ1) is 14.3. The van der Waals surface area contributed by atoms with Crippen LogP contribution in [0.2, 0.25) is 0 Å². The van der Waals surface area contributed by atoms with Gasteiger partial charge in [-0.1, -0.05) is 0 Å². The lowest BCUT2D eigenvalue weighted by Gasteiger charge is -2.03. The normalized spacial score (nSPS) is 10.5. The topological polar surface area (TPSA) is 104 Å². The molecule has 0 spiro atoms. The first-order valence-corrected chi connectivity index (χ1v) is 5.99. The Morgan fingerprint density at radius 3 is 2.90 bits per heavy atom. The van der Waals surface area contributed by atoms with Gasteiger partial charge in [0.05, 0.1) is 13.3 Å². The van der Waals surface area contributed by atoms with Crippen LogP contribution in [0.25, 0.3) is 0 Å². The fourth-order valence-electron chi connectivity index (χ4n) is 1.56. The Bertz CT molecular complexity index is 737. The molecule has 0 aliphatic heterocycles. The number of nitrogens with one attached hydrogen (secondary N) is 2. The van der Waals surface area contributed by atoms with Crippen molar-refractivity contribution in [3.8, 4) is 11.5 Å². The average Bonchev–Trinajstić information content (AvgIpc) is 2.49. The molecular formula is C14H13N3O4. The molecule has 1 aromatic carbocycles. The third kappa shape index (κ3) is 3.69. The molecule has 0 radical (unpaired) electrons. The number of phenolic OH excluding ortho intramolecular Hbond substituents is 1. The van der Waals surface area contributed by atoms with Gasteiger partial charge in [0.2, 0.25) is 0 Å². The number of benzene rings is 1. The van der Waals surface area contributed by atoms with Gasteiger partial charge in [0.25, 0.3) is 5.91 Å². The van der Waals surface area contributed by atoms with Gasteiger partial charge in [-0.3, -0.25) is 9.59 Å². The molecule has 3 N–H and O–H groups in total. The van der Waals surface area contributed by atoms with E-state index in [1.54, 1.807) is 12.1 Å². The van der Waals surface area contributed by atoms with E-state index in [4.69, 9.17) is 4.74 Å². The fourth-order valence-corrected chi connectivity index (χ4v) is 1.56. The summed E-state index contributed by atoms with van der Waals surface area (Å²) in [5.41, 5.74) is 2.44. The Labute approximate surface area is 119 Å². The van der Waals surface area contributed by atoms with Crippen molar-refractivity contribution < 1.29 is 14.6 Å². The zero-order valence-corrected chi connectivity index (χ0v) is 11.2. The lowest BCUT2D eigenvalue weighted by atomic mass is 10.2. The van der Waals surface area contributed by atoms with Crippen molar-refractivity contribution in [2.75, 3.05) is 7.11 Å². The predicted octanol–water partition coefficient (Wildman–Crippen LogP) is 0.853. The molecule has 2 aromatic rings. The maximum absolute atomic E-state index is 11.7. The zero-order valence-electron chi connectivity index (χ0n) is 11.2. The summed E-state index contributed by atoms with van der Waals surface area (Å²) >= 11 is 0. The van der Waals surface area contributed by atoms with Crippen molar-refractivity contribution in [3.05, 3.63) is 58.0 Å². The number of phenols is 1. The van der Waals surface area contributed by atoms with Crippen LogP contribution in [-0.2, 0) is 0 Å². The molecule has 1 aromatic heterocycles. The second-order valence-electron chi connectivity index (χ2n) is 4.06. The van der Waals surface area contributed by atoms with Crippen LogP contribution >= 0.6 is 0 Å². The zero-order chi connectivity index (χ0) is 15.2. The number of hydrogen-bond donors (Lipinski definition) is 3. The number of aromatic amines is 1. The molecule has 7 heteroatoms. The molecule has 0 aliphatic carbocycles. The molecule has 108 valence electrons. The number of aromatic hydroxyl groups is 1. The van der Waals surface area contributed by atoms with Gasteiger partial charge < -0.3 is 14.8 Å². The third-order valence-corrected chi connectivity index (χ3v) is 2.62. The van der Waals surface area contributed by atoms with E-state index in [0.29, 0.717) is 11.3 Å². The largest absolute Gasteiger partial charge is 0.507 e. The van der Waals surface area contributed by atoms with Crippen LogP contribution in [0.4, 0.5) is 0 Å². The summed E-state index contributed by atoms with van der Waals surface area (Å²) in [6, 6.07) is 7.08. The second kappa shape index (κ2) is 6.38. The van der Waals surface area contributed by atoms with E-state index in [1.807, 2.05) is 0 Å². The maximum Gasteiger partial charge on any atom is 0.287 e. The van der Waals surface area contributed by atoms with Crippen LogP contribution in [0.3, 0.4) is 0 Å². The molecule has 7 nitrogen and oxygen atoms in total. The van der Waals surface area contributed by atoms with Gasteiger partial charge in [0.1, 0.15) is 17.2 Å². The smallest absolute Gasteiger partial charge is 0.287 e. The Morgan fingerprint density at radius 2 is 2.19 bits per heavy atom. The molecule has 0 bridgehead atoms. The van der Waals surface area contributed by atoms with Crippen LogP contribution in [0, 0.1) is 0 Å². The molecule has 21 heavy (non-hydrogen) atoms. The number of amides is 1. The fraction of sp³-hybridized carbons (Fsp3) is 0.0714. The molecular weight excluding hydrogens is 274 g/mol. The summed E-state index contributed by atoms with van der Waals surface area (Å²) in [5.74, 6) is -0.0128. The summed E-state index contributed by atoms with van der Waals surface area (Å²) in [6.45, 7) is 0. The number of hydrazone groups is 1. The Morgan fingerprint density at radius 1 is 1.38 bits per heavy atom. The average molecular weight is 287 g/mol. The van der Waals surface area contributed by atoms with Gasteiger partial charge in [-0.25, -0.2) is 5.43 Å². The lowest BCUT2D eigenvalue weighted by Crippen LogP contribution is -2.20. The van der Waals surface area contributed by atoms with E-state index in [2.05, 4.69) is 15.5 Å². The number of aromatic nitrogens is 1. The SMILES string of the molecule is COc1ccc(O)c(C=NNC(=O)c2cc(=O)cc[nH]2)c1. The molecule has 0 saturated carbocycles. The molecule has 0 atom stereocenters. The highest BCUT2D eigenvalue weighted by Gasteiger charge is 2.05. The summed E-state index contributed by atoms with van der Waals surface area (Å²) in [7, 11) is 1.50. The van der Waals surface area contributed by atoms with E-state index in [9.17, 15) is 14.7 Å². The number of hydrogen-bond acceptors (Lipinski definition) is 5. The highest BCUT2D eigenvalue weighted by molar-refractivity contribution is 5.93. The predicted molar refractivity (Wildman–Crippen MR) is 76.8 cm³/mol. The molecule has 0 aliphatic rings. The van der Waals surface area contributed by atoms with Gasteiger partial charge in [-0.05, 0) is 18.2 Å². The number of carbonyl (C=O) groups is 1. The van der Waals surface area contributed by atoms with Gasteiger partial charge >= 0.3 is 0 Å². The van der Waals surface area contributed by atoms with E-state index in [0.717, 1.165) is 6.07 Å². The van der Waals surface area contributed by atoms with Gasteiger partial charge in [0.15, 0.2) is 5.43 Å². The molecule has 1 amide bonds. The number of methoxy groups -OCH3 is 1. The van der Waals surface area contributed by atoms with E-state index < -0.39 is 5.91 Å². The Balaban J connectivity index is 2.09. The Hall–Kier alpha value is -3.09. The number of rotatable bonds is 4. The van der Waals surface area contributed by atoms with Gasteiger partial charge in [-0.15, -0.1) is 0 Å². The summed E-state index contributed by atoms with van der Waals surface area (Å²) in [5, 5.41) is 13.4. The van der Waals surface area contributed by atoms with Crippen molar-refractivity contribution in [1.82, 2.24) is 10.4 Å². The standard InChI is InChI=1S/C14H13N3O4/c1-21-11-2-3-13(19)9(6-11)8-16-17-14(20)12-7-10(18)4-5-15-12/h2-8,19H,1H3,(H,15,18)(H,17,20). The van der Waals surface area contributed by atoms with Crippen molar-refractivity contribution >= 4 is 12.1 Å². The van der Waals surface area contributed by atoms with Crippen LogP contribution in [-0.4, -0.2) is 29.3 Å². The number of carbonyl (C=O) groups excluding carboxylic acids is 1. The van der Waals surface area contributed by atoms with Crippen LogP contribution < -0.4 is 15.6 Å². The summed E-state index contributed by atoms with van der Waals surface area (Å²) < 4.78 is 5.02. The monoisotopic (exact) mass is 287 g/mol. The third-order valence-electron chi connectivity index (χ3n) is 2.62. The molecule has 1 heterocycles.